The summed E-state index contributed by atoms with van der Waals surface area (Å²) in [6, 6.07) is 11.1. The van der Waals surface area contributed by atoms with Crippen LogP contribution in [0.2, 0.25) is 0 Å². The van der Waals surface area contributed by atoms with E-state index in [1.807, 2.05) is 0 Å². The fraction of sp³-hybridized carbons (Fsp3) is 0.708. The number of hydrogen-bond donors (Lipinski definition) is 0. The maximum atomic E-state index is 8.80. The number of nitrogens with zero attached hydrogens (tertiary/aromatic N) is 1. The van der Waals surface area contributed by atoms with Crippen molar-refractivity contribution in [1.82, 2.24) is 0 Å². The molecule has 0 heterocycles. The molecule has 0 saturated heterocycles. The normalized spacial score (nSPS) is 21.6. The molecular formula is C24H37N. The van der Waals surface area contributed by atoms with Gasteiger partial charge in [0, 0.05) is 0 Å². The Morgan fingerprint density at radius 2 is 1.64 bits per heavy atom. The third kappa shape index (κ3) is 6.50. The third-order valence-electron chi connectivity index (χ3n) is 6.26. The lowest BCUT2D eigenvalue weighted by Crippen LogP contribution is -2.21. The summed E-state index contributed by atoms with van der Waals surface area (Å²) >= 11 is 0. The summed E-state index contributed by atoms with van der Waals surface area (Å²) in [5.41, 5.74) is 2.64. The molecule has 0 bridgehead atoms. The lowest BCUT2D eigenvalue weighted by atomic mass is 9.71. The van der Waals surface area contributed by atoms with E-state index in [9.17, 15) is 0 Å². The molecule has 0 spiro atoms. The molecule has 1 aliphatic carbocycles. The molecule has 1 heteroatoms. The Balaban J connectivity index is 1.82. The lowest BCUT2D eigenvalue weighted by molar-refractivity contribution is 0.206. The van der Waals surface area contributed by atoms with E-state index in [1.165, 1.54) is 76.2 Å². The van der Waals surface area contributed by atoms with Crippen LogP contribution in [-0.4, -0.2) is 0 Å². The Morgan fingerprint density at radius 1 is 0.920 bits per heavy atom. The van der Waals surface area contributed by atoms with Gasteiger partial charge in [0.15, 0.2) is 0 Å². The van der Waals surface area contributed by atoms with Gasteiger partial charge >= 0.3 is 0 Å². The molecule has 0 amide bonds. The second-order valence-electron chi connectivity index (χ2n) is 8.09. The predicted molar refractivity (Wildman–Crippen MR) is 108 cm³/mol. The van der Waals surface area contributed by atoms with Gasteiger partial charge in [-0.2, -0.15) is 5.26 Å². The van der Waals surface area contributed by atoms with Crippen molar-refractivity contribution in [3.8, 4) is 6.07 Å². The van der Waals surface area contributed by atoms with E-state index in [1.54, 1.807) is 0 Å². The number of nitriles is 1. The molecule has 1 aromatic rings. The van der Waals surface area contributed by atoms with Crippen molar-refractivity contribution in [2.75, 3.05) is 0 Å². The van der Waals surface area contributed by atoms with Crippen LogP contribution in [0.5, 0.6) is 0 Å². The highest BCUT2D eigenvalue weighted by Crippen LogP contribution is 2.41. The Morgan fingerprint density at radius 3 is 2.24 bits per heavy atom. The first-order chi connectivity index (χ1) is 12.3. The standard InChI is InChI=1S/C24H37N/c1-3-5-6-7-9-21(8-4-2)23-14-16-24(17-15-23)22-12-10-20(11-13-22)18-19-25/h10-13,21,23-24H,3-9,14-18H2,1-2H3. The summed E-state index contributed by atoms with van der Waals surface area (Å²) < 4.78 is 0. The van der Waals surface area contributed by atoms with E-state index in [0.717, 1.165) is 23.3 Å². The van der Waals surface area contributed by atoms with E-state index in [0.29, 0.717) is 6.42 Å². The third-order valence-corrected chi connectivity index (χ3v) is 6.26. The number of unbranched alkanes of at least 4 members (excludes halogenated alkanes) is 3. The van der Waals surface area contributed by atoms with Crippen molar-refractivity contribution in [1.29, 1.82) is 5.26 Å². The second kappa shape index (κ2) is 11.3. The van der Waals surface area contributed by atoms with Crippen molar-refractivity contribution in [3.05, 3.63) is 35.4 Å². The average molecular weight is 340 g/mol. The Bertz CT molecular complexity index is 502. The molecule has 0 aromatic heterocycles. The summed E-state index contributed by atoms with van der Waals surface area (Å²) in [6.45, 7) is 4.66. The monoisotopic (exact) mass is 339 g/mol. The van der Waals surface area contributed by atoms with E-state index < -0.39 is 0 Å². The second-order valence-corrected chi connectivity index (χ2v) is 8.09. The number of rotatable bonds is 10. The molecule has 1 fully saturated rings. The molecule has 1 atom stereocenters. The van der Waals surface area contributed by atoms with Crippen molar-refractivity contribution >= 4 is 0 Å². The Labute approximate surface area is 155 Å². The molecule has 0 radical (unpaired) electrons. The Kier molecular flexibility index (Phi) is 9.09. The number of benzene rings is 1. The SMILES string of the molecule is CCCCCCC(CCC)C1CCC(c2ccc(CC#N)cc2)CC1. The van der Waals surface area contributed by atoms with Crippen LogP contribution in [0, 0.1) is 23.2 Å². The summed E-state index contributed by atoms with van der Waals surface area (Å²) in [7, 11) is 0. The van der Waals surface area contributed by atoms with Gasteiger partial charge in [-0.05, 0) is 54.6 Å². The summed E-state index contributed by atoms with van der Waals surface area (Å²) in [4.78, 5) is 0. The maximum absolute atomic E-state index is 8.80. The van der Waals surface area contributed by atoms with Gasteiger partial charge in [0.25, 0.3) is 0 Å². The lowest BCUT2D eigenvalue weighted by Gasteiger charge is -2.34. The van der Waals surface area contributed by atoms with Crippen LogP contribution in [0.25, 0.3) is 0 Å². The zero-order valence-electron chi connectivity index (χ0n) is 16.5. The fourth-order valence-electron chi connectivity index (χ4n) is 4.74. The minimum atomic E-state index is 0.531. The molecule has 1 unspecified atom stereocenters. The van der Waals surface area contributed by atoms with E-state index in [2.05, 4.69) is 44.2 Å². The quantitative estimate of drug-likeness (QED) is 0.407. The first-order valence-corrected chi connectivity index (χ1v) is 10.7. The summed E-state index contributed by atoms with van der Waals surface area (Å²) in [6.07, 6.45) is 16.0. The fourth-order valence-corrected chi connectivity index (χ4v) is 4.74. The minimum absolute atomic E-state index is 0.531. The molecule has 1 saturated carbocycles. The zero-order chi connectivity index (χ0) is 17.9. The van der Waals surface area contributed by atoms with Crippen LogP contribution in [0.1, 0.15) is 102 Å². The van der Waals surface area contributed by atoms with Gasteiger partial charge in [0.2, 0.25) is 0 Å². The highest BCUT2D eigenvalue weighted by atomic mass is 14.3. The van der Waals surface area contributed by atoms with Crippen LogP contribution in [0.4, 0.5) is 0 Å². The molecular weight excluding hydrogens is 302 g/mol. The smallest absolute Gasteiger partial charge is 0.0669 e. The van der Waals surface area contributed by atoms with Crippen molar-refractivity contribution < 1.29 is 0 Å². The van der Waals surface area contributed by atoms with Gasteiger partial charge in [-0.1, -0.05) is 83.1 Å². The van der Waals surface area contributed by atoms with Gasteiger partial charge in [0.05, 0.1) is 12.5 Å². The number of hydrogen-bond acceptors (Lipinski definition) is 1. The molecule has 2 rings (SSSR count). The summed E-state index contributed by atoms with van der Waals surface area (Å²) in [5, 5.41) is 8.80. The van der Waals surface area contributed by atoms with Crippen molar-refractivity contribution in [2.24, 2.45) is 11.8 Å². The van der Waals surface area contributed by atoms with E-state index in [4.69, 9.17) is 5.26 Å². The molecule has 0 aliphatic heterocycles. The molecule has 1 aliphatic rings. The van der Waals surface area contributed by atoms with E-state index >= 15 is 0 Å². The first kappa shape index (κ1) is 20.0. The van der Waals surface area contributed by atoms with Crippen LogP contribution >= 0.6 is 0 Å². The van der Waals surface area contributed by atoms with Crippen LogP contribution < -0.4 is 0 Å². The minimum Gasteiger partial charge on any atom is -0.198 e. The van der Waals surface area contributed by atoms with Gasteiger partial charge in [-0.25, -0.2) is 0 Å². The van der Waals surface area contributed by atoms with Crippen LogP contribution in [-0.2, 0) is 6.42 Å². The largest absolute Gasteiger partial charge is 0.198 e. The maximum Gasteiger partial charge on any atom is 0.0669 e. The molecule has 138 valence electrons. The molecule has 0 N–H and O–H groups in total. The van der Waals surface area contributed by atoms with Gasteiger partial charge in [-0.15, -0.1) is 0 Å². The topological polar surface area (TPSA) is 23.8 Å². The van der Waals surface area contributed by atoms with Crippen molar-refractivity contribution in [3.63, 3.8) is 0 Å². The highest BCUT2D eigenvalue weighted by molar-refractivity contribution is 5.27. The zero-order valence-corrected chi connectivity index (χ0v) is 16.5. The average Bonchev–Trinajstić information content (AvgIpc) is 2.65. The predicted octanol–water partition coefficient (Wildman–Crippen LogP) is 7.41. The van der Waals surface area contributed by atoms with Gasteiger partial charge in [0.1, 0.15) is 0 Å². The van der Waals surface area contributed by atoms with E-state index in [-0.39, 0.29) is 0 Å². The first-order valence-electron chi connectivity index (χ1n) is 10.7. The molecule has 1 nitrogen and oxygen atoms in total. The molecule has 1 aromatic carbocycles. The van der Waals surface area contributed by atoms with Gasteiger partial charge in [-0.3, -0.25) is 0 Å². The molecule has 25 heavy (non-hydrogen) atoms. The van der Waals surface area contributed by atoms with Crippen molar-refractivity contribution in [2.45, 2.75) is 96.8 Å². The van der Waals surface area contributed by atoms with Gasteiger partial charge < -0.3 is 0 Å². The van der Waals surface area contributed by atoms with Crippen LogP contribution in [0.15, 0.2) is 24.3 Å². The summed E-state index contributed by atoms with van der Waals surface area (Å²) in [5.74, 6) is 2.69. The Hall–Kier alpha value is -1.29. The van der Waals surface area contributed by atoms with Crippen LogP contribution in [0.3, 0.4) is 0 Å². The highest BCUT2D eigenvalue weighted by Gasteiger charge is 2.27.